The molecule has 0 radical (unpaired) electrons. The Balaban J connectivity index is 1.62. The highest BCUT2D eigenvalue weighted by Crippen LogP contribution is 2.20. The summed E-state index contributed by atoms with van der Waals surface area (Å²) in [5.74, 6) is 1.90. The molecule has 20 heavy (non-hydrogen) atoms. The molecule has 0 unspecified atom stereocenters. The molecule has 1 fully saturated rings. The van der Waals surface area contributed by atoms with Crippen molar-refractivity contribution in [2.45, 2.75) is 39.2 Å². The molecule has 0 spiro atoms. The lowest BCUT2D eigenvalue weighted by atomic mass is 9.94. The molecule has 3 nitrogen and oxygen atoms in total. The lowest BCUT2D eigenvalue weighted by Crippen LogP contribution is -2.34. The SMILES string of the molecule is CCC1CCN(CCCOc2cccc(CN)c2)CC1. The van der Waals surface area contributed by atoms with Crippen molar-refractivity contribution in [1.82, 2.24) is 4.90 Å². The molecule has 112 valence electrons. The minimum Gasteiger partial charge on any atom is -0.494 e. The number of rotatable bonds is 7. The van der Waals surface area contributed by atoms with Crippen LogP contribution in [0.2, 0.25) is 0 Å². The zero-order valence-electron chi connectivity index (χ0n) is 12.7. The maximum atomic E-state index is 5.80. The Morgan fingerprint density at radius 2 is 2.10 bits per heavy atom. The molecule has 2 rings (SSSR count). The van der Waals surface area contributed by atoms with E-state index in [0.717, 1.165) is 36.8 Å². The summed E-state index contributed by atoms with van der Waals surface area (Å²) in [6.07, 6.45) is 5.18. The fourth-order valence-corrected chi connectivity index (χ4v) is 2.86. The second kappa shape index (κ2) is 8.28. The van der Waals surface area contributed by atoms with Gasteiger partial charge >= 0.3 is 0 Å². The Morgan fingerprint density at radius 3 is 2.80 bits per heavy atom. The third-order valence-electron chi connectivity index (χ3n) is 4.31. The van der Waals surface area contributed by atoms with E-state index >= 15 is 0 Å². The van der Waals surface area contributed by atoms with E-state index in [2.05, 4.69) is 11.8 Å². The van der Waals surface area contributed by atoms with Crippen molar-refractivity contribution in [1.29, 1.82) is 0 Å². The van der Waals surface area contributed by atoms with Crippen LogP contribution in [0.5, 0.6) is 5.75 Å². The lowest BCUT2D eigenvalue weighted by Gasteiger charge is -2.31. The fourth-order valence-electron chi connectivity index (χ4n) is 2.86. The van der Waals surface area contributed by atoms with Crippen molar-refractivity contribution in [3.05, 3.63) is 29.8 Å². The molecule has 1 heterocycles. The van der Waals surface area contributed by atoms with Crippen molar-refractivity contribution in [2.75, 3.05) is 26.2 Å². The third kappa shape index (κ3) is 4.80. The van der Waals surface area contributed by atoms with E-state index in [1.807, 2.05) is 24.3 Å². The van der Waals surface area contributed by atoms with Crippen LogP contribution in [-0.2, 0) is 6.54 Å². The summed E-state index contributed by atoms with van der Waals surface area (Å²) in [6, 6.07) is 8.08. The highest BCUT2D eigenvalue weighted by Gasteiger charge is 2.16. The van der Waals surface area contributed by atoms with Crippen LogP contribution in [0.15, 0.2) is 24.3 Å². The Morgan fingerprint density at radius 1 is 1.30 bits per heavy atom. The summed E-state index contributed by atoms with van der Waals surface area (Å²) in [5, 5.41) is 0. The number of likely N-dealkylation sites (tertiary alicyclic amines) is 1. The van der Waals surface area contributed by atoms with Crippen LogP contribution in [-0.4, -0.2) is 31.1 Å². The van der Waals surface area contributed by atoms with Gasteiger partial charge in [0.1, 0.15) is 5.75 Å². The highest BCUT2D eigenvalue weighted by atomic mass is 16.5. The van der Waals surface area contributed by atoms with Gasteiger partial charge < -0.3 is 15.4 Å². The molecule has 0 atom stereocenters. The normalized spacial score (nSPS) is 17.3. The van der Waals surface area contributed by atoms with Crippen LogP contribution in [0.4, 0.5) is 0 Å². The van der Waals surface area contributed by atoms with Gasteiger partial charge in [0.25, 0.3) is 0 Å². The molecule has 1 saturated heterocycles. The Labute approximate surface area is 123 Å². The highest BCUT2D eigenvalue weighted by molar-refractivity contribution is 5.28. The van der Waals surface area contributed by atoms with Crippen LogP contribution in [0, 0.1) is 5.92 Å². The van der Waals surface area contributed by atoms with E-state index < -0.39 is 0 Å². The van der Waals surface area contributed by atoms with Gasteiger partial charge in [0, 0.05) is 13.1 Å². The van der Waals surface area contributed by atoms with Crippen molar-refractivity contribution in [3.8, 4) is 5.75 Å². The van der Waals surface area contributed by atoms with Crippen molar-refractivity contribution >= 4 is 0 Å². The van der Waals surface area contributed by atoms with E-state index in [9.17, 15) is 0 Å². The quantitative estimate of drug-likeness (QED) is 0.778. The number of ether oxygens (including phenoxy) is 1. The number of hydrogen-bond donors (Lipinski definition) is 1. The van der Waals surface area contributed by atoms with Crippen LogP contribution >= 0.6 is 0 Å². The minimum atomic E-state index is 0.573. The van der Waals surface area contributed by atoms with Gasteiger partial charge in [-0.05, 0) is 56.0 Å². The zero-order chi connectivity index (χ0) is 14.2. The van der Waals surface area contributed by atoms with Crippen molar-refractivity contribution < 1.29 is 4.74 Å². The van der Waals surface area contributed by atoms with Crippen LogP contribution < -0.4 is 10.5 Å². The number of piperidine rings is 1. The molecule has 1 aromatic rings. The largest absolute Gasteiger partial charge is 0.494 e. The van der Waals surface area contributed by atoms with Crippen LogP contribution in [0.3, 0.4) is 0 Å². The second-order valence-corrected chi connectivity index (χ2v) is 5.75. The van der Waals surface area contributed by atoms with Crippen molar-refractivity contribution in [3.63, 3.8) is 0 Å². The predicted molar refractivity (Wildman–Crippen MR) is 83.9 cm³/mol. The molecule has 3 heteroatoms. The topological polar surface area (TPSA) is 38.5 Å². The summed E-state index contributed by atoms with van der Waals surface area (Å²) >= 11 is 0. The molecule has 0 bridgehead atoms. The molecular weight excluding hydrogens is 248 g/mol. The van der Waals surface area contributed by atoms with E-state index in [1.54, 1.807) is 0 Å². The minimum absolute atomic E-state index is 0.573. The molecule has 0 aliphatic carbocycles. The summed E-state index contributed by atoms with van der Waals surface area (Å²) in [7, 11) is 0. The number of nitrogens with zero attached hydrogens (tertiary/aromatic N) is 1. The smallest absolute Gasteiger partial charge is 0.119 e. The average molecular weight is 276 g/mol. The first kappa shape index (κ1) is 15.3. The maximum Gasteiger partial charge on any atom is 0.119 e. The number of nitrogens with two attached hydrogens (primary N) is 1. The van der Waals surface area contributed by atoms with Gasteiger partial charge in [0.05, 0.1) is 6.61 Å². The second-order valence-electron chi connectivity index (χ2n) is 5.75. The first-order valence-electron chi connectivity index (χ1n) is 7.96. The molecule has 0 amide bonds. The monoisotopic (exact) mass is 276 g/mol. The Bertz CT molecular complexity index is 386. The number of benzene rings is 1. The van der Waals surface area contributed by atoms with Gasteiger partial charge in [-0.2, -0.15) is 0 Å². The van der Waals surface area contributed by atoms with Gasteiger partial charge in [-0.3, -0.25) is 0 Å². The summed E-state index contributed by atoms with van der Waals surface area (Å²) in [5.41, 5.74) is 6.76. The predicted octanol–water partition coefficient (Wildman–Crippen LogP) is 3.04. The molecule has 1 aromatic carbocycles. The molecular formula is C17H28N2O. The van der Waals surface area contributed by atoms with Crippen LogP contribution in [0.25, 0.3) is 0 Å². The number of hydrogen-bond acceptors (Lipinski definition) is 3. The molecule has 0 saturated carbocycles. The van der Waals surface area contributed by atoms with Gasteiger partial charge in [0.2, 0.25) is 0 Å². The molecule has 1 aliphatic heterocycles. The van der Waals surface area contributed by atoms with E-state index in [4.69, 9.17) is 10.5 Å². The third-order valence-corrected chi connectivity index (χ3v) is 4.31. The zero-order valence-corrected chi connectivity index (χ0v) is 12.7. The summed E-state index contributed by atoms with van der Waals surface area (Å²) < 4.78 is 5.80. The van der Waals surface area contributed by atoms with E-state index in [1.165, 1.54) is 32.4 Å². The first-order valence-corrected chi connectivity index (χ1v) is 7.96. The summed E-state index contributed by atoms with van der Waals surface area (Å²) in [6.45, 7) is 7.37. The Kier molecular flexibility index (Phi) is 6.34. The standard InChI is InChI=1S/C17H28N2O/c1-2-15-7-10-19(11-8-15)9-4-12-20-17-6-3-5-16(13-17)14-18/h3,5-6,13,15H,2,4,7-12,14,18H2,1H3. The van der Waals surface area contributed by atoms with Crippen molar-refractivity contribution in [2.24, 2.45) is 11.7 Å². The van der Waals surface area contributed by atoms with Crippen LogP contribution in [0.1, 0.15) is 38.2 Å². The lowest BCUT2D eigenvalue weighted by molar-refractivity contribution is 0.169. The van der Waals surface area contributed by atoms with E-state index in [0.29, 0.717) is 6.54 Å². The molecule has 0 aromatic heterocycles. The average Bonchev–Trinajstić information content (AvgIpc) is 2.52. The van der Waals surface area contributed by atoms with Gasteiger partial charge in [-0.25, -0.2) is 0 Å². The van der Waals surface area contributed by atoms with E-state index in [-0.39, 0.29) is 0 Å². The maximum absolute atomic E-state index is 5.80. The van der Waals surface area contributed by atoms with Gasteiger partial charge in [-0.15, -0.1) is 0 Å². The van der Waals surface area contributed by atoms with Gasteiger partial charge in [-0.1, -0.05) is 25.5 Å². The van der Waals surface area contributed by atoms with Gasteiger partial charge in [0.15, 0.2) is 0 Å². The molecule has 1 aliphatic rings. The fraction of sp³-hybridized carbons (Fsp3) is 0.647. The summed E-state index contributed by atoms with van der Waals surface area (Å²) in [4.78, 5) is 2.58. The Hall–Kier alpha value is -1.06. The first-order chi connectivity index (χ1) is 9.81. The molecule has 2 N–H and O–H groups in total.